The van der Waals surface area contributed by atoms with Crippen LogP contribution in [0.4, 0.5) is 0 Å². The zero-order chi connectivity index (χ0) is 11.3. The van der Waals surface area contributed by atoms with E-state index in [4.69, 9.17) is 14.2 Å². The fourth-order valence-electron chi connectivity index (χ4n) is 2.22. The monoisotopic (exact) mass is 226 g/mol. The van der Waals surface area contributed by atoms with Gasteiger partial charge in [0.15, 0.2) is 0 Å². The van der Waals surface area contributed by atoms with Gasteiger partial charge in [-0.25, -0.2) is 0 Å². The van der Waals surface area contributed by atoms with Gasteiger partial charge in [-0.1, -0.05) is 6.42 Å². The molecule has 2 rings (SSSR count). The molecule has 1 atom stereocenters. The zero-order valence-corrected chi connectivity index (χ0v) is 10.2. The van der Waals surface area contributed by atoms with Crippen molar-refractivity contribution < 1.29 is 14.2 Å². The van der Waals surface area contributed by atoms with Gasteiger partial charge < -0.3 is 14.2 Å². The second kappa shape index (κ2) is 5.69. The van der Waals surface area contributed by atoms with E-state index in [0.29, 0.717) is 26.4 Å². The molecule has 2 aliphatic rings. The molecule has 3 nitrogen and oxygen atoms in total. The largest absolute Gasteiger partial charge is 0.498 e. The number of hydrogen-bond donors (Lipinski definition) is 0. The van der Waals surface area contributed by atoms with Crippen molar-refractivity contribution >= 4 is 0 Å². The quantitative estimate of drug-likeness (QED) is 0.692. The maximum atomic E-state index is 5.68. The van der Waals surface area contributed by atoms with Gasteiger partial charge in [-0.15, -0.1) is 0 Å². The Labute approximate surface area is 97.8 Å². The van der Waals surface area contributed by atoms with Gasteiger partial charge in [0.2, 0.25) is 0 Å². The highest BCUT2D eigenvalue weighted by Gasteiger charge is 2.29. The van der Waals surface area contributed by atoms with E-state index >= 15 is 0 Å². The third-order valence-electron chi connectivity index (χ3n) is 3.22. The lowest BCUT2D eigenvalue weighted by Gasteiger charge is -2.32. The van der Waals surface area contributed by atoms with E-state index in [-0.39, 0.29) is 5.60 Å². The molecular formula is C13H22O3. The highest BCUT2D eigenvalue weighted by atomic mass is 16.6. The van der Waals surface area contributed by atoms with Gasteiger partial charge in [-0.3, -0.25) is 0 Å². The third-order valence-corrected chi connectivity index (χ3v) is 3.22. The summed E-state index contributed by atoms with van der Waals surface area (Å²) in [6.45, 7) is 4.66. The van der Waals surface area contributed by atoms with Crippen LogP contribution in [0.15, 0.2) is 11.8 Å². The molecule has 16 heavy (non-hydrogen) atoms. The van der Waals surface area contributed by atoms with Crippen LogP contribution in [0.5, 0.6) is 0 Å². The van der Waals surface area contributed by atoms with Gasteiger partial charge in [-0.2, -0.15) is 0 Å². The predicted molar refractivity (Wildman–Crippen MR) is 62.3 cm³/mol. The summed E-state index contributed by atoms with van der Waals surface area (Å²) in [5, 5.41) is 0. The second-order valence-electron chi connectivity index (χ2n) is 5.00. The maximum absolute atomic E-state index is 5.68. The summed E-state index contributed by atoms with van der Waals surface area (Å²) in [5.74, 6) is 0. The van der Waals surface area contributed by atoms with Crippen LogP contribution in [-0.2, 0) is 14.2 Å². The van der Waals surface area contributed by atoms with Crippen molar-refractivity contribution in [3.8, 4) is 0 Å². The topological polar surface area (TPSA) is 27.7 Å². The molecule has 92 valence electrons. The molecule has 0 aromatic rings. The molecule has 1 aliphatic heterocycles. The highest BCUT2D eigenvalue weighted by molar-refractivity contribution is 5.00. The molecule has 0 bridgehead atoms. The van der Waals surface area contributed by atoms with Crippen molar-refractivity contribution in [2.75, 3.05) is 26.4 Å². The van der Waals surface area contributed by atoms with Gasteiger partial charge in [0.1, 0.15) is 12.2 Å². The van der Waals surface area contributed by atoms with E-state index in [1.165, 1.54) is 37.7 Å². The molecule has 0 aromatic carbocycles. The normalized spacial score (nSPS) is 31.2. The summed E-state index contributed by atoms with van der Waals surface area (Å²) >= 11 is 0. The minimum Gasteiger partial charge on any atom is -0.498 e. The second-order valence-corrected chi connectivity index (χ2v) is 5.00. The molecule has 0 aromatic heterocycles. The van der Waals surface area contributed by atoms with Crippen molar-refractivity contribution in [2.45, 2.75) is 44.6 Å². The molecule has 1 saturated heterocycles. The Morgan fingerprint density at radius 2 is 2.06 bits per heavy atom. The molecule has 0 N–H and O–H groups in total. The summed E-state index contributed by atoms with van der Waals surface area (Å²) in [7, 11) is 0. The fraction of sp³-hybridized carbons (Fsp3) is 0.846. The first-order valence-corrected chi connectivity index (χ1v) is 6.30. The molecule has 1 heterocycles. The number of hydrogen-bond acceptors (Lipinski definition) is 3. The van der Waals surface area contributed by atoms with Gasteiger partial charge >= 0.3 is 0 Å². The maximum Gasteiger partial charge on any atom is 0.122 e. The van der Waals surface area contributed by atoms with E-state index in [1.807, 2.05) is 13.2 Å². The Hall–Kier alpha value is -0.540. The molecular weight excluding hydrogens is 204 g/mol. The standard InChI is InChI=1S/C13H22O3/c1-13(10-14-7-8-16-13)11-15-9-12-5-3-2-4-6-12/h9H,2-8,10-11H2,1H3. The van der Waals surface area contributed by atoms with Crippen LogP contribution in [0.3, 0.4) is 0 Å². The first kappa shape index (κ1) is 11.9. The Balaban J connectivity index is 1.73. The molecule has 0 radical (unpaired) electrons. The van der Waals surface area contributed by atoms with Crippen LogP contribution in [0.1, 0.15) is 39.0 Å². The van der Waals surface area contributed by atoms with Crippen molar-refractivity contribution in [1.82, 2.24) is 0 Å². The van der Waals surface area contributed by atoms with E-state index in [2.05, 4.69) is 0 Å². The lowest BCUT2D eigenvalue weighted by molar-refractivity contribution is -0.166. The lowest BCUT2D eigenvalue weighted by atomic mass is 9.96. The Kier molecular flexibility index (Phi) is 4.24. The molecule has 0 spiro atoms. The first-order chi connectivity index (χ1) is 7.79. The smallest absolute Gasteiger partial charge is 0.122 e. The molecule has 1 saturated carbocycles. The molecule has 0 amide bonds. The van der Waals surface area contributed by atoms with Crippen LogP contribution in [0, 0.1) is 0 Å². The highest BCUT2D eigenvalue weighted by Crippen LogP contribution is 2.23. The van der Waals surface area contributed by atoms with Gasteiger partial charge in [0.05, 0.1) is 26.1 Å². The summed E-state index contributed by atoms with van der Waals surface area (Å²) in [5.41, 5.74) is 1.19. The van der Waals surface area contributed by atoms with E-state index < -0.39 is 0 Å². The van der Waals surface area contributed by atoms with Crippen LogP contribution >= 0.6 is 0 Å². The van der Waals surface area contributed by atoms with Crippen LogP contribution in [0.2, 0.25) is 0 Å². The Morgan fingerprint density at radius 1 is 1.25 bits per heavy atom. The molecule has 1 unspecified atom stereocenters. The lowest BCUT2D eigenvalue weighted by Crippen LogP contribution is -2.44. The van der Waals surface area contributed by atoms with E-state index in [9.17, 15) is 0 Å². The zero-order valence-electron chi connectivity index (χ0n) is 10.2. The summed E-state index contributed by atoms with van der Waals surface area (Å²) < 4.78 is 16.7. The van der Waals surface area contributed by atoms with Crippen molar-refractivity contribution in [3.63, 3.8) is 0 Å². The predicted octanol–water partition coefficient (Wildman–Crippen LogP) is 2.66. The average Bonchev–Trinajstić information content (AvgIpc) is 2.31. The van der Waals surface area contributed by atoms with Gasteiger partial charge in [0.25, 0.3) is 0 Å². The van der Waals surface area contributed by atoms with Crippen LogP contribution < -0.4 is 0 Å². The van der Waals surface area contributed by atoms with Crippen molar-refractivity contribution in [3.05, 3.63) is 11.8 Å². The van der Waals surface area contributed by atoms with Crippen LogP contribution in [0.25, 0.3) is 0 Å². The Bertz CT molecular complexity index is 234. The van der Waals surface area contributed by atoms with Crippen LogP contribution in [-0.4, -0.2) is 32.0 Å². The first-order valence-electron chi connectivity index (χ1n) is 6.30. The Morgan fingerprint density at radius 3 is 2.75 bits per heavy atom. The summed E-state index contributed by atoms with van der Waals surface area (Å²) in [6, 6.07) is 0. The third kappa shape index (κ3) is 3.49. The molecule has 1 aliphatic carbocycles. The number of rotatable bonds is 3. The minimum absolute atomic E-state index is 0.260. The molecule has 2 fully saturated rings. The number of ether oxygens (including phenoxy) is 3. The van der Waals surface area contributed by atoms with Gasteiger partial charge in [0, 0.05) is 0 Å². The SMILES string of the molecule is CC1(COC=C2CCCCC2)COCCO1. The average molecular weight is 226 g/mol. The van der Waals surface area contributed by atoms with E-state index in [0.717, 1.165) is 0 Å². The van der Waals surface area contributed by atoms with Crippen molar-refractivity contribution in [2.24, 2.45) is 0 Å². The summed E-state index contributed by atoms with van der Waals surface area (Å²) in [4.78, 5) is 0. The van der Waals surface area contributed by atoms with Gasteiger partial charge in [-0.05, 0) is 38.2 Å². The minimum atomic E-state index is -0.260. The molecule has 3 heteroatoms. The number of allylic oxidation sites excluding steroid dienone is 1. The van der Waals surface area contributed by atoms with Crippen molar-refractivity contribution in [1.29, 1.82) is 0 Å². The fourth-order valence-corrected chi connectivity index (χ4v) is 2.22. The summed E-state index contributed by atoms with van der Waals surface area (Å²) in [6.07, 6.45) is 8.34. The van der Waals surface area contributed by atoms with E-state index in [1.54, 1.807) is 0 Å².